The predicted octanol–water partition coefficient (Wildman–Crippen LogP) is 3.23. The lowest BCUT2D eigenvalue weighted by Gasteiger charge is -2.30. The van der Waals surface area contributed by atoms with Crippen molar-refractivity contribution in [3.05, 3.63) is 47.5 Å². The first-order valence-corrected chi connectivity index (χ1v) is 8.98. The van der Waals surface area contributed by atoms with Crippen LogP contribution in [0.3, 0.4) is 0 Å². The highest BCUT2D eigenvalue weighted by molar-refractivity contribution is 6.01. The van der Waals surface area contributed by atoms with E-state index in [9.17, 15) is 9.59 Å². The van der Waals surface area contributed by atoms with Crippen molar-refractivity contribution in [2.45, 2.75) is 25.7 Å². The molecular weight excluding hydrogens is 344 g/mol. The van der Waals surface area contributed by atoms with Gasteiger partial charge in [0.05, 0.1) is 14.2 Å². The van der Waals surface area contributed by atoms with Gasteiger partial charge in [-0.2, -0.15) is 0 Å². The van der Waals surface area contributed by atoms with E-state index in [2.05, 4.69) is 0 Å². The number of methoxy groups -OCH3 is 2. The smallest absolute Gasteiger partial charge is 0.227 e. The third-order valence-corrected chi connectivity index (χ3v) is 4.86. The van der Waals surface area contributed by atoms with E-state index in [0.29, 0.717) is 29.3 Å². The number of ether oxygens (including phenoxy) is 2. The molecular formula is C21H24N2O4. The van der Waals surface area contributed by atoms with E-state index in [4.69, 9.17) is 15.2 Å². The van der Waals surface area contributed by atoms with Crippen molar-refractivity contribution in [1.29, 1.82) is 0 Å². The second kappa shape index (κ2) is 8.12. The van der Waals surface area contributed by atoms with Gasteiger partial charge in [-0.3, -0.25) is 9.59 Å². The minimum Gasteiger partial charge on any atom is -0.493 e. The molecule has 0 atom stereocenters. The van der Waals surface area contributed by atoms with Crippen LogP contribution in [0.4, 0.5) is 11.4 Å². The second-order valence-electron chi connectivity index (χ2n) is 6.49. The maximum absolute atomic E-state index is 12.7. The van der Waals surface area contributed by atoms with Crippen LogP contribution in [0.15, 0.2) is 36.4 Å². The maximum Gasteiger partial charge on any atom is 0.227 e. The summed E-state index contributed by atoms with van der Waals surface area (Å²) in [6, 6.07) is 10.6. The molecule has 0 unspecified atom stereocenters. The molecule has 2 N–H and O–H groups in total. The van der Waals surface area contributed by atoms with Crippen molar-refractivity contribution in [2.24, 2.45) is 0 Å². The molecule has 27 heavy (non-hydrogen) atoms. The Morgan fingerprint density at radius 2 is 1.85 bits per heavy atom. The van der Waals surface area contributed by atoms with Crippen LogP contribution < -0.4 is 20.1 Å². The maximum atomic E-state index is 12.7. The highest BCUT2D eigenvalue weighted by atomic mass is 16.5. The van der Waals surface area contributed by atoms with Gasteiger partial charge in [0.2, 0.25) is 5.91 Å². The Kier molecular flexibility index (Phi) is 5.64. The number of nitrogens with zero attached hydrogens (tertiary/aromatic N) is 1. The number of Topliss-reactive ketones (excluding diaryl/α,β-unsaturated/α-hetero) is 1. The van der Waals surface area contributed by atoms with Gasteiger partial charge in [0.15, 0.2) is 17.3 Å². The Hall–Kier alpha value is -3.02. The Morgan fingerprint density at radius 1 is 1.07 bits per heavy atom. The lowest BCUT2D eigenvalue weighted by atomic mass is 9.99. The Labute approximate surface area is 158 Å². The second-order valence-corrected chi connectivity index (χ2v) is 6.49. The number of ketones is 1. The number of benzene rings is 2. The molecule has 6 heteroatoms. The molecule has 1 heterocycles. The van der Waals surface area contributed by atoms with Crippen molar-refractivity contribution in [2.75, 3.05) is 31.4 Å². The summed E-state index contributed by atoms with van der Waals surface area (Å²) in [7, 11) is 3.07. The molecule has 0 bridgehead atoms. The third-order valence-electron chi connectivity index (χ3n) is 4.86. The van der Waals surface area contributed by atoms with E-state index in [1.807, 2.05) is 18.2 Å². The lowest BCUT2D eigenvalue weighted by Crippen LogP contribution is -2.35. The number of anilines is 2. The van der Waals surface area contributed by atoms with E-state index in [-0.39, 0.29) is 24.5 Å². The minimum atomic E-state index is -0.103. The standard InChI is InChI=1S/C21H24N2O4/c1-26-19-10-8-14(13-20(19)27-2)18(24)9-11-21(25)23-12-4-5-15-16(22)6-3-7-17(15)23/h3,6-8,10,13H,4-5,9,11-12,22H2,1-2H3. The van der Waals surface area contributed by atoms with Crippen LogP contribution >= 0.6 is 0 Å². The van der Waals surface area contributed by atoms with Crippen molar-refractivity contribution in [1.82, 2.24) is 0 Å². The fourth-order valence-electron chi connectivity index (χ4n) is 3.42. The van der Waals surface area contributed by atoms with Crippen LogP contribution in [0, 0.1) is 0 Å². The summed E-state index contributed by atoms with van der Waals surface area (Å²) < 4.78 is 10.4. The van der Waals surface area contributed by atoms with Gasteiger partial charge in [0.25, 0.3) is 0 Å². The quantitative estimate of drug-likeness (QED) is 0.625. The topological polar surface area (TPSA) is 81.9 Å². The van der Waals surface area contributed by atoms with Crippen LogP contribution in [0.2, 0.25) is 0 Å². The molecule has 0 fully saturated rings. The molecule has 0 radical (unpaired) electrons. The van der Waals surface area contributed by atoms with Crippen LogP contribution in [0.25, 0.3) is 0 Å². The van der Waals surface area contributed by atoms with Gasteiger partial charge in [-0.1, -0.05) is 6.07 Å². The average molecular weight is 368 g/mol. The molecule has 0 saturated carbocycles. The van der Waals surface area contributed by atoms with E-state index < -0.39 is 0 Å². The highest BCUT2D eigenvalue weighted by Gasteiger charge is 2.24. The minimum absolute atomic E-state index is 0.0598. The zero-order valence-electron chi connectivity index (χ0n) is 15.7. The molecule has 1 aliphatic rings. The number of hydrogen-bond acceptors (Lipinski definition) is 5. The number of rotatable bonds is 6. The van der Waals surface area contributed by atoms with Gasteiger partial charge < -0.3 is 20.1 Å². The van der Waals surface area contributed by atoms with Crippen LogP contribution in [-0.2, 0) is 11.2 Å². The number of nitrogen functional groups attached to an aromatic ring is 1. The SMILES string of the molecule is COc1ccc(C(=O)CCC(=O)N2CCCc3c(N)cccc32)cc1OC. The molecule has 0 spiro atoms. The molecule has 1 aliphatic heterocycles. The van der Waals surface area contributed by atoms with Gasteiger partial charge in [0.1, 0.15) is 0 Å². The van der Waals surface area contributed by atoms with Crippen molar-refractivity contribution in [3.63, 3.8) is 0 Å². The number of nitrogens with two attached hydrogens (primary N) is 1. The molecule has 3 rings (SSSR count). The van der Waals surface area contributed by atoms with Gasteiger partial charge in [0, 0.05) is 36.3 Å². The zero-order chi connectivity index (χ0) is 19.4. The molecule has 0 aromatic heterocycles. The summed E-state index contributed by atoms with van der Waals surface area (Å²) in [6.45, 7) is 0.653. The van der Waals surface area contributed by atoms with Crippen molar-refractivity contribution in [3.8, 4) is 11.5 Å². The average Bonchev–Trinajstić information content (AvgIpc) is 2.71. The van der Waals surface area contributed by atoms with E-state index in [1.54, 1.807) is 30.2 Å². The summed E-state index contributed by atoms with van der Waals surface area (Å²) >= 11 is 0. The number of hydrogen-bond donors (Lipinski definition) is 1. The van der Waals surface area contributed by atoms with Crippen LogP contribution in [0.5, 0.6) is 11.5 Å². The molecule has 0 aliphatic carbocycles. The van der Waals surface area contributed by atoms with Gasteiger partial charge in [-0.05, 0) is 48.7 Å². The molecule has 142 valence electrons. The molecule has 2 aromatic carbocycles. The number of carbonyl (C=O) groups is 2. The van der Waals surface area contributed by atoms with Crippen LogP contribution in [-0.4, -0.2) is 32.5 Å². The summed E-state index contributed by atoms with van der Waals surface area (Å²) in [5.74, 6) is 0.896. The summed E-state index contributed by atoms with van der Waals surface area (Å²) in [6.07, 6.45) is 2.04. The first-order chi connectivity index (χ1) is 13.0. The predicted molar refractivity (Wildman–Crippen MR) is 105 cm³/mol. The number of carbonyl (C=O) groups excluding carboxylic acids is 2. The summed E-state index contributed by atoms with van der Waals surface area (Å²) in [5.41, 5.74) is 9.14. The van der Waals surface area contributed by atoms with Crippen molar-refractivity contribution < 1.29 is 19.1 Å². The van der Waals surface area contributed by atoms with E-state index in [0.717, 1.165) is 24.1 Å². The summed E-state index contributed by atoms with van der Waals surface area (Å²) in [4.78, 5) is 27.0. The zero-order valence-corrected chi connectivity index (χ0v) is 15.7. The van der Waals surface area contributed by atoms with Gasteiger partial charge in [-0.15, -0.1) is 0 Å². The number of fused-ring (bicyclic) bond motifs is 1. The Morgan fingerprint density at radius 3 is 2.59 bits per heavy atom. The highest BCUT2D eigenvalue weighted by Crippen LogP contribution is 2.32. The first kappa shape index (κ1) is 18.8. The lowest BCUT2D eigenvalue weighted by molar-refractivity contribution is -0.118. The van der Waals surface area contributed by atoms with Gasteiger partial charge in [-0.25, -0.2) is 0 Å². The Bertz CT molecular complexity index is 863. The summed E-state index contributed by atoms with van der Waals surface area (Å²) in [5, 5.41) is 0. The molecule has 6 nitrogen and oxygen atoms in total. The molecule has 0 saturated heterocycles. The number of amides is 1. The monoisotopic (exact) mass is 368 g/mol. The third kappa shape index (κ3) is 3.89. The van der Waals surface area contributed by atoms with E-state index >= 15 is 0 Å². The normalized spacial score (nSPS) is 13.0. The fraction of sp³-hybridized carbons (Fsp3) is 0.333. The largest absolute Gasteiger partial charge is 0.493 e. The first-order valence-electron chi connectivity index (χ1n) is 8.98. The molecule has 1 amide bonds. The molecule has 2 aromatic rings. The van der Waals surface area contributed by atoms with E-state index in [1.165, 1.54) is 7.11 Å². The van der Waals surface area contributed by atoms with Crippen LogP contribution in [0.1, 0.15) is 35.2 Å². The van der Waals surface area contributed by atoms with Crippen molar-refractivity contribution >= 4 is 23.1 Å². The fourth-order valence-corrected chi connectivity index (χ4v) is 3.42. The van der Waals surface area contributed by atoms with Gasteiger partial charge >= 0.3 is 0 Å². The Balaban J connectivity index is 1.68.